The zero-order chi connectivity index (χ0) is 12.4. The van der Waals surface area contributed by atoms with Gasteiger partial charge in [0.2, 0.25) is 17.8 Å². The summed E-state index contributed by atoms with van der Waals surface area (Å²) in [6.07, 6.45) is 1.31. The average molecular weight is 238 g/mol. The lowest BCUT2D eigenvalue weighted by atomic mass is 9.90. The molecule has 1 aliphatic rings. The van der Waals surface area contributed by atoms with E-state index in [0.717, 1.165) is 12.8 Å². The summed E-state index contributed by atoms with van der Waals surface area (Å²) >= 11 is 0. The molecule has 7 nitrogen and oxygen atoms in total. The maximum Gasteiger partial charge on any atom is 0.231 e. The van der Waals surface area contributed by atoms with Gasteiger partial charge in [-0.3, -0.25) is 0 Å². The van der Waals surface area contributed by atoms with E-state index in [1.807, 2.05) is 19.0 Å². The van der Waals surface area contributed by atoms with Crippen LogP contribution in [0.1, 0.15) is 12.8 Å². The molecule has 0 amide bonds. The summed E-state index contributed by atoms with van der Waals surface area (Å²) in [7, 11) is 5.53. The fourth-order valence-corrected chi connectivity index (χ4v) is 1.63. The molecule has 17 heavy (non-hydrogen) atoms. The van der Waals surface area contributed by atoms with Crippen molar-refractivity contribution >= 4 is 17.8 Å². The Labute approximate surface area is 100 Å². The van der Waals surface area contributed by atoms with E-state index in [9.17, 15) is 5.11 Å². The number of aromatic nitrogens is 3. The standard InChI is InChI=1S/C10H18N6O/c1-11-8-13-9(12-6-4-7(17)5-6)15-10(14-8)16(2)3/h6-7,17H,4-5H2,1-3H3,(H2,11,12,13,14,15). The number of aliphatic hydroxyl groups excluding tert-OH is 1. The third kappa shape index (κ3) is 2.73. The van der Waals surface area contributed by atoms with Gasteiger partial charge >= 0.3 is 0 Å². The fourth-order valence-electron chi connectivity index (χ4n) is 1.63. The second-order valence-electron chi connectivity index (χ2n) is 4.39. The van der Waals surface area contributed by atoms with Gasteiger partial charge in [-0.1, -0.05) is 0 Å². The molecule has 0 saturated heterocycles. The number of anilines is 3. The highest BCUT2D eigenvalue weighted by molar-refractivity contribution is 5.43. The first-order valence-corrected chi connectivity index (χ1v) is 5.64. The van der Waals surface area contributed by atoms with E-state index in [2.05, 4.69) is 25.6 Å². The second kappa shape index (κ2) is 4.70. The van der Waals surface area contributed by atoms with Crippen molar-refractivity contribution in [2.24, 2.45) is 0 Å². The summed E-state index contributed by atoms with van der Waals surface area (Å²) < 4.78 is 0. The van der Waals surface area contributed by atoms with Crippen molar-refractivity contribution in [1.29, 1.82) is 0 Å². The molecule has 0 bridgehead atoms. The van der Waals surface area contributed by atoms with Gasteiger partial charge in [0.1, 0.15) is 0 Å². The molecule has 1 heterocycles. The zero-order valence-electron chi connectivity index (χ0n) is 10.3. The van der Waals surface area contributed by atoms with Gasteiger partial charge in [-0.05, 0) is 12.8 Å². The molecule has 0 aliphatic heterocycles. The van der Waals surface area contributed by atoms with Crippen LogP contribution in [0.15, 0.2) is 0 Å². The monoisotopic (exact) mass is 238 g/mol. The van der Waals surface area contributed by atoms with Crippen molar-refractivity contribution in [3.8, 4) is 0 Å². The van der Waals surface area contributed by atoms with Crippen LogP contribution in [0.25, 0.3) is 0 Å². The van der Waals surface area contributed by atoms with Gasteiger partial charge in [-0.15, -0.1) is 0 Å². The molecule has 0 atom stereocenters. The molecule has 0 aromatic carbocycles. The number of nitrogens with zero attached hydrogens (tertiary/aromatic N) is 4. The van der Waals surface area contributed by atoms with E-state index >= 15 is 0 Å². The molecular formula is C10H18N6O. The van der Waals surface area contributed by atoms with Gasteiger partial charge in [0, 0.05) is 27.2 Å². The molecule has 1 aromatic heterocycles. The number of aliphatic hydroxyl groups is 1. The van der Waals surface area contributed by atoms with Gasteiger partial charge < -0.3 is 20.6 Å². The third-order valence-electron chi connectivity index (χ3n) is 2.69. The van der Waals surface area contributed by atoms with Crippen LogP contribution in [0.4, 0.5) is 17.8 Å². The number of nitrogens with one attached hydrogen (secondary N) is 2. The maximum atomic E-state index is 9.23. The molecule has 2 rings (SSSR count). The first kappa shape index (κ1) is 11.8. The Bertz CT molecular complexity index is 390. The van der Waals surface area contributed by atoms with Crippen LogP contribution in [-0.2, 0) is 0 Å². The molecule has 0 spiro atoms. The highest BCUT2D eigenvalue weighted by atomic mass is 16.3. The Balaban J connectivity index is 2.12. The SMILES string of the molecule is CNc1nc(NC2CC(O)C2)nc(N(C)C)n1. The van der Waals surface area contributed by atoms with E-state index in [0.29, 0.717) is 17.8 Å². The lowest BCUT2D eigenvalue weighted by molar-refractivity contribution is 0.0834. The highest BCUT2D eigenvalue weighted by Gasteiger charge is 2.27. The summed E-state index contributed by atoms with van der Waals surface area (Å²) in [4.78, 5) is 14.6. The predicted molar refractivity (Wildman–Crippen MR) is 66.4 cm³/mol. The molecule has 94 valence electrons. The molecule has 1 aliphatic carbocycles. The first-order valence-electron chi connectivity index (χ1n) is 5.64. The first-order chi connectivity index (χ1) is 8.08. The summed E-state index contributed by atoms with van der Waals surface area (Å²) in [6.45, 7) is 0. The van der Waals surface area contributed by atoms with Crippen molar-refractivity contribution in [3.05, 3.63) is 0 Å². The van der Waals surface area contributed by atoms with E-state index in [-0.39, 0.29) is 12.1 Å². The quantitative estimate of drug-likeness (QED) is 0.676. The Morgan fingerprint density at radius 1 is 1.18 bits per heavy atom. The van der Waals surface area contributed by atoms with E-state index in [1.54, 1.807) is 7.05 Å². The van der Waals surface area contributed by atoms with Gasteiger partial charge in [-0.2, -0.15) is 15.0 Å². The topological polar surface area (TPSA) is 86.2 Å². The van der Waals surface area contributed by atoms with Gasteiger partial charge in [0.05, 0.1) is 6.10 Å². The molecule has 7 heteroatoms. The third-order valence-corrected chi connectivity index (χ3v) is 2.69. The molecule has 0 radical (unpaired) electrons. The van der Waals surface area contributed by atoms with Crippen molar-refractivity contribution in [3.63, 3.8) is 0 Å². The van der Waals surface area contributed by atoms with Crippen LogP contribution >= 0.6 is 0 Å². The Kier molecular flexibility index (Phi) is 3.28. The molecular weight excluding hydrogens is 220 g/mol. The van der Waals surface area contributed by atoms with Gasteiger partial charge in [-0.25, -0.2) is 0 Å². The fraction of sp³-hybridized carbons (Fsp3) is 0.700. The number of hydrogen-bond donors (Lipinski definition) is 3. The van der Waals surface area contributed by atoms with Crippen LogP contribution in [0.5, 0.6) is 0 Å². The van der Waals surface area contributed by atoms with E-state index < -0.39 is 0 Å². The number of hydrogen-bond acceptors (Lipinski definition) is 7. The molecule has 1 fully saturated rings. The molecule has 1 saturated carbocycles. The molecule has 3 N–H and O–H groups in total. The largest absolute Gasteiger partial charge is 0.393 e. The maximum absolute atomic E-state index is 9.23. The minimum Gasteiger partial charge on any atom is -0.393 e. The second-order valence-corrected chi connectivity index (χ2v) is 4.39. The van der Waals surface area contributed by atoms with Crippen LogP contribution < -0.4 is 15.5 Å². The summed E-state index contributed by atoms with van der Waals surface area (Å²) in [5, 5.41) is 15.3. The zero-order valence-corrected chi connectivity index (χ0v) is 10.3. The van der Waals surface area contributed by atoms with Crippen molar-refractivity contribution in [2.75, 3.05) is 36.7 Å². The van der Waals surface area contributed by atoms with Crippen LogP contribution in [0.3, 0.4) is 0 Å². The van der Waals surface area contributed by atoms with E-state index in [1.165, 1.54) is 0 Å². The van der Waals surface area contributed by atoms with Gasteiger partial charge in [0.15, 0.2) is 0 Å². The van der Waals surface area contributed by atoms with Crippen LogP contribution in [-0.4, -0.2) is 53.3 Å². The van der Waals surface area contributed by atoms with Gasteiger partial charge in [0.25, 0.3) is 0 Å². The lowest BCUT2D eigenvalue weighted by Crippen LogP contribution is -2.39. The highest BCUT2D eigenvalue weighted by Crippen LogP contribution is 2.23. The minimum absolute atomic E-state index is 0.188. The Hall–Kier alpha value is -1.63. The average Bonchev–Trinajstić information content (AvgIpc) is 2.26. The molecule has 1 aromatic rings. The van der Waals surface area contributed by atoms with Crippen LogP contribution in [0.2, 0.25) is 0 Å². The van der Waals surface area contributed by atoms with E-state index in [4.69, 9.17) is 0 Å². The normalized spacial score (nSPS) is 22.8. The Morgan fingerprint density at radius 3 is 2.35 bits per heavy atom. The summed E-state index contributed by atoms with van der Waals surface area (Å²) in [5.74, 6) is 1.68. The summed E-state index contributed by atoms with van der Waals surface area (Å²) in [6, 6.07) is 0.257. The minimum atomic E-state index is -0.188. The van der Waals surface area contributed by atoms with Crippen molar-refractivity contribution in [1.82, 2.24) is 15.0 Å². The van der Waals surface area contributed by atoms with Crippen molar-refractivity contribution < 1.29 is 5.11 Å². The van der Waals surface area contributed by atoms with Crippen molar-refractivity contribution in [2.45, 2.75) is 25.0 Å². The summed E-state index contributed by atoms with van der Waals surface area (Å²) in [5.41, 5.74) is 0. The smallest absolute Gasteiger partial charge is 0.231 e. The lowest BCUT2D eigenvalue weighted by Gasteiger charge is -2.32. The Morgan fingerprint density at radius 2 is 1.82 bits per heavy atom. The predicted octanol–water partition coefficient (Wildman–Crippen LogP) is -0.0855. The molecule has 0 unspecified atom stereocenters. The number of rotatable bonds is 4. The van der Waals surface area contributed by atoms with Crippen LogP contribution in [0, 0.1) is 0 Å².